The van der Waals surface area contributed by atoms with Crippen molar-refractivity contribution in [2.24, 2.45) is 0 Å². The molecule has 8 nitrogen and oxygen atoms in total. The van der Waals surface area contributed by atoms with Crippen LogP contribution in [0.15, 0.2) is 24.3 Å². The molecule has 1 amide bonds. The molecule has 2 aromatic rings. The Labute approximate surface area is 148 Å². The number of thiazole rings is 1. The summed E-state index contributed by atoms with van der Waals surface area (Å²) >= 11 is 1.36. The van der Waals surface area contributed by atoms with E-state index in [4.69, 9.17) is 4.74 Å². The first kappa shape index (κ1) is 17.5. The number of nitro benzene ring substituents is 1. The van der Waals surface area contributed by atoms with Gasteiger partial charge in [0, 0.05) is 35.7 Å². The number of amides is 1. The average molecular weight is 362 g/mol. The monoisotopic (exact) mass is 362 g/mol. The number of rotatable bonds is 5. The lowest BCUT2D eigenvalue weighted by Crippen LogP contribution is -2.41. The number of anilines is 1. The Morgan fingerprint density at radius 2 is 2.20 bits per heavy atom. The quantitative estimate of drug-likeness (QED) is 0.647. The number of morpholine rings is 1. The van der Waals surface area contributed by atoms with E-state index in [0.29, 0.717) is 36.1 Å². The van der Waals surface area contributed by atoms with Gasteiger partial charge in [-0.05, 0) is 6.92 Å². The molecule has 1 aliphatic heterocycles. The maximum Gasteiger partial charge on any atom is 0.270 e. The third-order valence-electron chi connectivity index (χ3n) is 3.84. The number of carbonyl (C=O) groups is 1. The summed E-state index contributed by atoms with van der Waals surface area (Å²) in [7, 11) is 0. The van der Waals surface area contributed by atoms with Crippen molar-refractivity contribution in [1.29, 1.82) is 0 Å². The molecule has 0 spiro atoms. The maximum atomic E-state index is 12.2. The zero-order chi connectivity index (χ0) is 17.8. The van der Waals surface area contributed by atoms with Gasteiger partial charge in [-0.2, -0.15) is 0 Å². The molecule has 1 aromatic heterocycles. The molecule has 1 N–H and O–H groups in total. The van der Waals surface area contributed by atoms with E-state index in [-0.39, 0.29) is 11.6 Å². The molecule has 1 aromatic carbocycles. The molecule has 0 atom stereocenters. The van der Waals surface area contributed by atoms with Crippen molar-refractivity contribution in [1.82, 2.24) is 9.88 Å². The first-order chi connectivity index (χ1) is 12.0. The number of carbonyl (C=O) groups excluding carboxylic acids is 1. The van der Waals surface area contributed by atoms with Crippen molar-refractivity contribution in [2.75, 3.05) is 38.2 Å². The Balaban J connectivity index is 1.70. The number of non-ortho nitro benzene ring substituents is 1. The van der Waals surface area contributed by atoms with Gasteiger partial charge < -0.3 is 10.1 Å². The van der Waals surface area contributed by atoms with Crippen LogP contribution in [0.1, 0.15) is 4.88 Å². The van der Waals surface area contributed by atoms with Gasteiger partial charge >= 0.3 is 0 Å². The van der Waals surface area contributed by atoms with E-state index in [9.17, 15) is 14.9 Å². The van der Waals surface area contributed by atoms with Crippen molar-refractivity contribution in [3.63, 3.8) is 0 Å². The van der Waals surface area contributed by atoms with Crippen LogP contribution in [0.25, 0.3) is 11.3 Å². The lowest BCUT2D eigenvalue weighted by atomic mass is 10.1. The first-order valence-electron chi connectivity index (χ1n) is 7.85. The number of aromatic nitrogens is 1. The van der Waals surface area contributed by atoms with E-state index in [0.717, 1.165) is 18.0 Å². The number of nitro groups is 1. The van der Waals surface area contributed by atoms with Crippen molar-refractivity contribution in [3.05, 3.63) is 39.3 Å². The van der Waals surface area contributed by atoms with Gasteiger partial charge in [-0.3, -0.25) is 19.8 Å². The zero-order valence-corrected chi connectivity index (χ0v) is 14.5. The van der Waals surface area contributed by atoms with Crippen molar-refractivity contribution >= 4 is 28.1 Å². The molecule has 132 valence electrons. The highest BCUT2D eigenvalue weighted by Crippen LogP contribution is 2.31. The van der Waals surface area contributed by atoms with Crippen molar-refractivity contribution < 1.29 is 14.5 Å². The van der Waals surface area contributed by atoms with Gasteiger partial charge in [-0.25, -0.2) is 4.98 Å². The molecule has 0 bridgehead atoms. The average Bonchev–Trinajstić information content (AvgIpc) is 2.96. The number of aryl methyl sites for hydroxylation is 1. The van der Waals surface area contributed by atoms with Crippen LogP contribution in [0.3, 0.4) is 0 Å². The molecule has 0 saturated carbocycles. The highest BCUT2D eigenvalue weighted by Gasteiger charge is 2.17. The Morgan fingerprint density at radius 3 is 2.92 bits per heavy atom. The fraction of sp³-hybridized carbons (Fsp3) is 0.375. The standard InChI is InChI=1S/C16H18N4O4S/c1-11-15(12-3-2-4-13(9-12)20(22)23)18-16(25-11)17-14(21)10-19-5-7-24-8-6-19/h2-4,9H,5-8,10H2,1H3,(H,17,18,21). The molecule has 1 saturated heterocycles. The highest BCUT2D eigenvalue weighted by atomic mass is 32.1. The van der Waals surface area contributed by atoms with Gasteiger partial charge in [0.2, 0.25) is 5.91 Å². The summed E-state index contributed by atoms with van der Waals surface area (Å²) in [5, 5.41) is 14.2. The Bertz CT molecular complexity index is 786. The normalized spacial score (nSPS) is 15.1. The number of nitrogens with one attached hydrogen (secondary N) is 1. The largest absolute Gasteiger partial charge is 0.379 e. The molecular formula is C16H18N4O4S. The number of hydrogen-bond acceptors (Lipinski definition) is 7. The third kappa shape index (κ3) is 4.38. The van der Waals surface area contributed by atoms with Gasteiger partial charge in [0.25, 0.3) is 5.69 Å². The smallest absolute Gasteiger partial charge is 0.270 e. The van der Waals surface area contributed by atoms with Crippen LogP contribution < -0.4 is 5.32 Å². The predicted molar refractivity (Wildman–Crippen MR) is 94.8 cm³/mol. The third-order valence-corrected chi connectivity index (χ3v) is 4.73. The molecule has 3 rings (SSSR count). The fourth-order valence-corrected chi connectivity index (χ4v) is 3.46. The number of benzene rings is 1. The van der Waals surface area contributed by atoms with Crippen LogP contribution in [-0.2, 0) is 9.53 Å². The van der Waals surface area contributed by atoms with Gasteiger partial charge in [0.1, 0.15) is 0 Å². The Hall–Kier alpha value is -2.36. The van der Waals surface area contributed by atoms with E-state index < -0.39 is 4.92 Å². The van der Waals surface area contributed by atoms with Crippen LogP contribution in [0.2, 0.25) is 0 Å². The minimum absolute atomic E-state index is 0.0165. The van der Waals surface area contributed by atoms with Crippen molar-refractivity contribution in [3.8, 4) is 11.3 Å². The first-order valence-corrected chi connectivity index (χ1v) is 8.67. The van der Waals surface area contributed by atoms with Crippen LogP contribution in [0, 0.1) is 17.0 Å². The molecule has 9 heteroatoms. The van der Waals surface area contributed by atoms with E-state index in [1.165, 1.54) is 23.5 Å². The summed E-state index contributed by atoms with van der Waals surface area (Å²) in [6.45, 7) is 4.94. The van der Waals surface area contributed by atoms with Crippen LogP contribution >= 0.6 is 11.3 Å². The molecule has 1 aliphatic rings. The summed E-state index contributed by atoms with van der Waals surface area (Å²) in [6, 6.07) is 6.33. The number of hydrogen-bond donors (Lipinski definition) is 1. The minimum atomic E-state index is -0.434. The van der Waals surface area contributed by atoms with E-state index >= 15 is 0 Å². The van der Waals surface area contributed by atoms with Crippen molar-refractivity contribution in [2.45, 2.75) is 6.92 Å². The molecule has 1 fully saturated rings. The summed E-state index contributed by atoms with van der Waals surface area (Å²) in [5.74, 6) is -0.124. The van der Waals surface area contributed by atoms with Gasteiger partial charge in [-0.1, -0.05) is 12.1 Å². The predicted octanol–water partition coefficient (Wildman–Crippen LogP) is 2.30. The Morgan fingerprint density at radius 1 is 1.44 bits per heavy atom. The fourth-order valence-electron chi connectivity index (χ4n) is 2.61. The summed E-state index contributed by atoms with van der Waals surface area (Å²) < 4.78 is 5.26. The zero-order valence-electron chi connectivity index (χ0n) is 13.7. The molecule has 0 aliphatic carbocycles. The minimum Gasteiger partial charge on any atom is -0.379 e. The van der Waals surface area contributed by atoms with Crippen LogP contribution in [-0.4, -0.2) is 53.6 Å². The molecular weight excluding hydrogens is 344 g/mol. The van der Waals surface area contributed by atoms with Gasteiger partial charge in [0.15, 0.2) is 5.13 Å². The number of ether oxygens (including phenoxy) is 1. The van der Waals surface area contributed by atoms with Gasteiger partial charge in [-0.15, -0.1) is 11.3 Å². The molecule has 0 unspecified atom stereocenters. The lowest BCUT2D eigenvalue weighted by Gasteiger charge is -2.25. The second kappa shape index (κ2) is 7.68. The maximum absolute atomic E-state index is 12.2. The number of nitrogens with zero attached hydrogens (tertiary/aromatic N) is 3. The SMILES string of the molecule is Cc1sc(NC(=O)CN2CCOCC2)nc1-c1cccc([N+](=O)[O-])c1. The highest BCUT2D eigenvalue weighted by molar-refractivity contribution is 7.16. The molecule has 2 heterocycles. The second-order valence-corrected chi connectivity index (χ2v) is 6.87. The summed E-state index contributed by atoms with van der Waals surface area (Å²) in [5.41, 5.74) is 1.33. The van der Waals surface area contributed by atoms with Gasteiger partial charge in [0.05, 0.1) is 30.4 Å². The lowest BCUT2D eigenvalue weighted by molar-refractivity contribution is -0.384. The second-order valence-electron chi connectivity index (χ2n) is 5.67. The Kier molecular flexibility index (Phi) is 5.37. The van der Waals surface area contributed by atoms with E-state index in [2.05, 4.69) is 10.3 Å². The van der Waals surface area contributed by atoms with E-state index in [1.54, 1.807) is 12.1 Å². The summed E-state index contributed by atoms with van der Waals surface area (Å²) in [4.78, 5) is 30.0. The topological polar surface area (TPSA) is 97.6 Å². The molecule has 0 radical (unpaired) electrons. The van der Waals surface area contributed by atoms with E-state index in [1.807, 2.05) is 11.8 Å². The van der Waals surface area contributed by atoms with Crippen LogP contribution in [0.5, 0.6) is 0 Å². The molecule has 25 heavy (non-hydrogen) atoms. The van der Waals surface area contributed by atoms with Crippen LogP contribution in [0.4, 0.5) is 10.8 Å². The summed E-state index contributed by atoms with van der Waals surface area (Å²) in [6.07, 6.45) is 0.